The van der Waals surface area contributed by atoms with E-state index in [0.29, 0.717) is 28.8 Å². The van der Waals surface area contributed by atoms with E-state index in [-0.39, 0.29) is 23.5 Å². The molecule has 0 atom stereocenters. The molecule has 0 radical (unpaired) electrons. The molecule has 0 aliphatic carbocycles. The summed E-state index contributed by atoms with van der Waals surface area (Å²) in [4.78, 5) is 16.5. The Morgan fingerprint density at radius 3 is 2.70 bits per heavy atom. The third-order valence-electron chi connectivity index (χ3n) is 3.35. The number of aromatic hydroxyl groups is 1. The van der Waals surface area contributed by atoms with Crippen molar-refractivity contribution in [1.82, 2.24) is 4.98 Å². The zero-order valence-corrected chi connectivity index (χ0v) is 14.5. The number of halogens is 1. The molecule has 1 amide bonds. The lowest BCUT2D eigenvalue weighted by atomic mass is 9.97. The zero-order chi connectivity index (χ0) is 17.2. The molecule has 2 aromatic rings. The minimum Gasteiger partial charge on any atom is -0.506 e. The molecule has 2 N–H and O–H groups in total. The van der Waals surface area contributed by atoms with E-state index in [1.54, 1.807) is 6.07 Å². The number of nitrogens with zero attached hydrogens (tertiary/aromatic N) is 1. The van der Waals surface area contributed by atoms with Crippen LogP contribution in [0.2, 0.25) is 5.02 Å². The highest BCUT2D eigenvalue weighted by Crippen LogP contribution is 2.27. The molecule has 5 nitrogen and oxygen atoms in total. The maximum Gasteiger partial charge on any atom is 0.224 e. The van der Waals surface area contributed by atoms with E-state index in [4.69, 9.17) is 16.0 Å². The van der Waals surface area contributed by atoms with E-state index >= 15 is 0 Å². The largest absolute Gasteiger partial charge is 0.506 e. The molecule has 0 unspecified atom stereocenters. The minimum atomic E-state index is -0.226. The summed E-state index contributed by atoms with van der Waals surface area (Å²) in [5.41, 5.74) is 0.929. The first-order valence-corrected chi connectivity index (χ1v) is 7.80. The molecule has 0 bridgehead atoms. The van der Waals surface area contributed by atoms with E-state index in [1.807, 2.05) is 27.7 Å². The fraction of sp³-hybridized carbons (Fsp3) is 0.412. The van der Waals surface area contributed by atoms with Crippen molar-refractivity contribution in [1.29, 1.82) is 0 Å². The van der Waals surface area contributed by atoms with Crippen LogP contribution in [0.5, 0.6) is 5.75 Å². The predicted octanol–water partition coefficient (Wildman–Crippen LogP) is 4.21. The van der Waals surface area contributed by atoms with Gasteiger partial charge in [-0.3, -0.25) is 4.79 Å². The highest BCUT2D eigenvalue weighted by Gasteiger charge is 2.22. The summed E-state index contributed by atoms with van der Waals surface area (Å²) in [5.74, 6) is 1.13. The number of carbonyl (C=O) groups excluding carboxylic acids is 1. The number of amides is 1. The summed E-state index contributed by atoms with van der Waals surface area (Å²) in [6.45, 7) is 7.94. The number of benzene rings is 1. The van der Waals surface area contributed by atoms with Crippen LogP contribution in [0.3, 0.4) is 0 Å². The molecular weight excluding hydrogens is 316 g/mol. The van der Waals surface area contributed by atoms with Crippen LogP contribution < -0.4 is 5.32 Å². The van der Waals surface area contributed by atoms with Crippen LogP contribution in [0.25, 0.3) is 0 Å². The molecule has 0 spiro atoms. The molecule has 6 heteroatoms. The number of hydrogen-bond donors (Lipinski definition) is 2. The molecule has 0 saturated heterocycles. The fourth-order valence-corrected chi connectivity index (χ4v) is 2.20. The lowest BCUT2D eigenvalue weighted by Crippen LogP contribution is -2.12. The summed E-state index contributed by atoms with van der Waals surface area (Å²) < 4.78 is 5.76. The van der Waals surface area contributed by atoms with Crippen molar-refractivity contribution < 1.29 is 14.3 Å². The molecular formula is C17H21ClN2O3. The molecule has 0 saturated carbocycles. The summed E-state index contributed by atoms with van der Waals surface area (Å²) >= 11 is 5.85. The monoisotopic (exact) mass is 336 g/mol. The number of hydrogen-bond acceptors (Lipinski definition) is 4. The van der Waals surface area contributed by atoms with Gasteiger partial charge in [0.05, 0.1) is 11.4 Å². The average molecular weight is 337 g/mol. The van der Waals surface area contributed by atoms with Gasteiger partial charge in [-0.2, -0.15) is 0 Å². The Bertz CT molecular complexity index is 717. The van der Waals surface area contributed by atoms with Crippen LogP contribution in [0.1, 0.15) is 44.5 Å². The maximum absolute atomic E-state index is 12.0. The number of phenolic OH excluding ortho intramolecular Hbond substituents is 1. The van der Waals surface area contributed by atoms with Crippen molar-refractivity contribution in [3.8, 4) is 5.75 Å². The first-order valence-electron chi connectivity index (χ1n) is 7.42. The van der Waals surface area contributed by atoms with Gasteiger partial charge in [-0.15, -0.1) is 0 Å². The summed E-state index contributed by atoms with van der Waals surface area (Å²) in [5, 5.41) is 12.8. The van der Waals surface area contributed by atoms with Crippen LogP contribution in [0, 0.1) is 6.92 Å². The number of nitrogens with one attached hydrogen (secondary N) is 1. The number of phenols is 1. The standard InChI is InChI=1S/C17H21ClN2O3/c1-10-14(23-16(19-10)17(2,3)4)7-8-15(22)20-12-9-11(18)5-6-13(12)21/h5-6,9,21H,7-8H2,1-4H3,(H,20,22). The van der Waals surface area contributed by atoms with Crippen molar-refractivity contribution in [2.24, 2.45) is 0 Å². The lowest BCUT2D eigenvalue weighted by Gasteiger charge is -2.12. The van der Waals surface area contributed by atoms with E-state index in [1.165, 1.54) is 12.1 Å². The van der Waals surface area contributed by atoms with Gasteiger partial charge in [0.25, 0.3) is 0 Å². The van der Waals surface area contributed by atoms with Crippen LogP contribution >= 0.6 is 11.6 Å². The van der Waals surface area contributed by atoms with E-state index in [9.17, 15) is 9.90 Å². The van der Waals surface area contributed by atoms with Gasteiger partial charge in [0.2, 0.25) is 5.91 Å². The van der Waals surface area contributed by atoms with Gasteiger partial charge in [0.15, 0.2) is 5.89 Å². The normalized spacial score (nSPS) is 11.5. The smallest absolute Gasteiger partial charge is 0.224 e. The van der Waals surface area contributed by atoms with E-state index in [2.05, 4.69) is 10.3 Å². The zero-order valence-electron chi connectivity index (χ0n) is 13.7. The number of carbonyl (C=O) groups is 1. The van der Waals surface area contributed by atoms with Crippen molar-refractivity contribution in [3.63, 3.8) is 0 Å². The molecule has 0 aliphatic heterocycles. The van der Waals surface area contributed by atoms with Crippen molar-refractivity contribution in [3.05, 3.63) is 40.6 Å². The van der Waals surface area contributed by atoms with Crippen LogP contribution in [-0.2, 0) is 16.6 Å². The van der Waals surface area contributed by atoms with E-state index < -0.39 is 0 Å². The average Bonchev–Trinajstić information content (AvgIpc) is 2.82. The third kappa shape index (κ3) is 4.48. The topological polar surface area (TPSA) is 75.4 Å². The number of rotatable bonds is 4. The van der Waals surface area contributed by atoms with E-state index in [0.717, 1.165) is 5.69 Å². The molecule has 23 heavy (non-hydrogen) atoms. The molecule has 0 fully saturated rings. The summed E-state index contributed by atoms with van der Waals surface area (Å²) in [6, 6.07) is 4.50. The Balaban J connectivity index is 2.00. The van der Waals surface area contributed by atoms with Gasteiger partial charge >= 0.3 is 0 Å². The highest BCUT2D eigenvalue weighted by atomic mass is 35.5. The summed E-state index contributed by atoms with van der Waals surface area (Å²) in [7, 11) is 0. The fourth-order valence-electron chi connectivity index (χ4n) is 2.03. The predicted molar refractivity (Wildman–Crippen MR) is 90.0 cm³/mol. The van der Waals surface area contributed by atoms with Crippen LogP contribution in [-0.4, -0.2) is 16.0 Å². The van der Waals surface area contributed by atoms with Gasteiger partial charge in [-0.25, -0.2) is 4.98 Å². The number of aromatic nitrogens is 1. The Morgan fingerprint density at radius 1 is 1.39 bits per heavy atom. The molecule has 1 heterocycles. The third-order valence-corrected chi connectivity index (χ3v) is 3.58. The molecule has 2 rings (SSSR count). The van der Waals surface area contributed by atoms with Gasteiger partial charge in [-0.05, 0) is 25.1 Å². The Morgan fingerprint density at radius 2 is 2.09 bits per heavy atom. The van der Waals surface area contributed by atoms with Gasteiger partial charge in [0.1, 0.15) is 11.5 Å². The Hall–Kier alpha value is -2.01. The highest BCUT2D eigenvalue weighted by molar-refractivity contribution is 6.31. The van der Waals surface area contributed by atoms with Crippen LogP contribution in [0.15, 0.2) is 22.6 Å². The number of anilines is 1. The second-order valence-electron chi connectivity index (χ2n) is 6.49. The lowest BCUT2D eigenvalue weighted by molar-refractivity contribution is -0.116. The molecule has 1 aromatic heterocycles. The maximum atomic E-state index is 12.0. The van der Waals surface area contributed by atoms with Crippen molar-refractivity contribution >= 4 is 23.2 Å². The molecule has 0 aliphatic rings. The molecule has 1 aromatic carbocycles. The first-order chi connectivity index (χ1) is 10.7. The number of aryl methyl sites for hydroxylation is 2. The quantitative estimate of drug-likeness (QED) is 0.820. The number of oxazole rings is 1. The van der Waals surface area contributed by atoms with Crippen molar-refractivity contribution in [2.75, 3.05) is 5.32 Å². The van der Waals surface area contributed by atoms with Gasteiger partial charge in [0, 0.05) is 23.3 Å². The summed E-state index contributed by atoms with van der Waals surface area (Å²) in [6.07, 6.45) is 0.674. The van der Waals surface area contributed by atoms with Gasteiger partial charge in [-0.1, -0.05) is 32.4 Å². The Kier molecular flexibility index (Phi) is 5.00. The van der Waals surface area contributed by atoms with Gasteiger partial charge < -0.3 is 14.8 Å². The molecule has 124 valence electrons. The van der Waals surface area contributed by atoms with Crippen LogP contribution in [0.4, 0.5) is 5.69 Å². The first kappa shape index (κ1) is 17.3. The second kappa shape index (κ2) is 6.62. The SMILES string of the molecule is Cc1nc(C(C)(C)C)oc1CCC(=O)Nc1cc(Cl)ccc1O. The minimum absolute atomic E-state index is 0.0198. The Labute approximate surface area is 140 Å². The van der Waals surface area contributed by atoms with Crippen molar-refractivity contribution in [2.45, 2.75) is 46.0 Å². The second-order valence-corrected chi connectivity index (χ2v) is 6.92.